The molecule has 0 aromatic carbocycles. The van der Waals surface area contributed by atoms with Crippen molar-refractivity contribution < 1.29 is 4.79 Å². The Kier molecular flexibility index (Phi) is 4.31. The number of nitrogens with one attached hydrogen (secondary N) is 2. The third-order valence-electron chi connectivity index (χ3n) is 4.11. The highest BCUT2D eigenvalue weighted by atomic mass is 32.1. The van der Waals surface area contributed by atoms with Crippen LogP contribution in [0.5, 0.6) is 0 Å². The highest BCUT2D eigenvalue weighted by molar-refractivity contribution is 7.13. The summed E-state index contributed by atoms with van der Waals surface area (Å²) in [5, 5.41) is 12.3. The highest BCUT2D eigenvalue weighted by Crippen LogP contribution is 2.28. The van der Waals surface area contributed by atoms with E-state index < -0.39 is 0 Å². The molecule has 0 saturated carbocycles. The van der Waals surface area contributed by atoms with Crippen LogP contribution in [-0.2, 0) is 4.79 Å². The van der Waals surface area contributed by atoms with Crippen molar-refractivity contribution in [1.82, 2.24) is 20.1 Å². The summed E-state index contributed by atoms with van der Waals surface area (Å²) < 4.78 is 0. The molecule has 0 radical (unpaired) electrons. The number of carbonyl (C=O) groups excluding carboxylic acids is 1. The van der Waals surface area contributed by atoms with E-state index in [1.54, 1.807) is 6.20 Å². The van der Waals surface area contributed by atoms with Gasteiger partial charge in [0, 0.05) is 17.8 Å². The molecule has 3 rings (SSSR count). The van der Waals surface area contributed by atoms with E-state index in [-0.39, 0.29) is 11.9 Å². The summed E-state index contributed by atoms with van der Waals surface area (Å²) in [4.78, 5) is 18.5. The fraction of sp³-hybridized carbons (Fsp3) is 0.500. The number of rotatable bonds is 4. The average molecular weight is 305 g/mol. The predicted molar refractivity (Wildman–Crippen MR) is 82.3 cm³/mol. The minimum atomic E-state index is -0.126. The van der Waals surface area contributed by atoms with Gasteiger partial charge in [0.1, 0.15) is 0 Å². The molecule has 1 fully saturated rings. The predicted octanol–water partition coefficient (Wildman–Crippen LogP) is 2.07. The molecule has 0 spiro atoms. The Labute approximate surface area is 127 Å². The first-order valence-corrected chi connectivity index (χ1v) is 8.05. The van der Waals surface area contributed by atoms with Gasteiger partial charge in [0.05, 0.1) is 12.2 Å². The summed E-state index contributed by atoms with van der Waals surface area (Å²) in [5.74, 6) is 0.570. The molecule has 1 amide bonds. The summed E-state index contributed by atoms with van der Waals surface area (Å²) in [6, 6.07) is -0.126. The Bertz CT molecular complexity index is 560. The molecular weight excluding hydrogens is 286 g/mol. The fourth-order valence-corrected chi connectivity index (χ4v) is 3.30. The number of aromatic nitrogens is 3. The van der Waals surface area contributed by atoms with E-state index >= 15 is 0 Å². The Morgan fingerprint density at radius 1 is 1.52 bits per heavy atom. The number of anilines is 1. The molecule has 1 aliphatic heterocycles. The van der Waals surface area contributed by atoms with Gasteiger partial charge in [-0.25, -0.2) is 4.98 Å². The van der Waals surface area contributed by atoms with Gasteiger partial charge >= 0.3 is 0 Å². The Hall–Kier alpha value is -1.73. The average Bonchev–Trinajstić information content (AvgIpc) is 3.20. The first-order chi connectivity index (χ1) is 10.2. The largest absolute Gasteiger partial charge is 0.301 e. The highest BCUT2D eigenvalue weighted by Gasteiger charge is 2.27. The smallest absolute Gasteiger partial charge is 0.243 e. The number of likely N-dealkylation sites (tertiary alicyclic amines) is 1. The number of hydrogen-bond donors (Lipinski definition) is 2. The van der Waals surface area contributed by atoms with Crippen LogP contribution in [0.4, 0.5) is 5.13 Å². The van der Waals surface area contributed by atoms with Crippen LogP contribution in [-0.4, -0.2) is 45.1 Å². The van der Waals surface area contributed by atoms with Gasteiger partial charge in [-0.1, -0.05) is 0 Å². The first-order valence-electron chi connectivity index (χ1n) is 7.17. The van der Waals surface area contributed by atoms with E-state index in [4.69, 9.17) is 0 Å². The number of thiazole rings is 1. The number of H-pyrrole nitrogens is 1. The molecule has 0 aliphatic carbocycles. The number of piperidine rings is 1. The Morgan fingerprint density at radius 3 is 2.95 bits per heavy atom. The van der Waals surface area contributed by atoms with Crippen LogP contribution in [0.25, 0.3) is 0 Å². The Morgan fingerprint density at radius 2 is 2.33 bits per heavy atom. The van der Waals surface area contributed by atoms with E-state index in [1.165, 1.54) is 16.9 Å². The molecule has 1 unspecified atom stereocenters. The van der Waals surface area contributed by atoms with Crippen LogP contribution in [0, 0.1) is 0 Å². The lowest BCUT2D eigenvalue weighted by atomic mass is 9.91. The fourth-order valence-electron chi connectivity index (χ4n) is 2.77. The van der Waals surface area contributed by atoms with E-state index in [0.717, 1.165) is 25.9 Å². The minimum Gasteiger partial charge on any atom is -0.301 e. The molecule has 1 saturated heterocycles. The van der Waals surface area contributed by atoms with Crippen LogP contribution in [0.15, 0.2) is 24.0 Å². The van der Waals surface area contributed by atoms with Crippen molar-refractivity contribution in [3.8, 4) is 0 Å². The molecule has 3 heterocycles. The van der Waals surface area contributed by atoms with Gasteiger partial charge in [-0.05, 0) is 44.3 Å². The van der Waals surface area contributed by atoms with Crippen molar-refractivity contribution in [2.75, 3.05) is 18.4 Å². The number of hydrogen-bond acceptors (Lipinski definition) is 5. The van der Waals surface area contributed by atoms with Crippen molar-refractivity contribution in [3.63, 3.8) is 0 Å². The zero-order valence-electron chi connectivity index (χ0n) is 12.0. The topological polar surface area (TPSA) is 73.9 Å². The standard InChI is InChI=1S/C14H19N5OS/c1-10(13(20)18-14-15-4-7-21-14)19-5-2-11(3-6-19)12-8-16-17-9-12/h4,7-11H,2-3,5-6H2,1H3,(H,16,17)(H,15,18,20). The third-order valence-corrected chi connectivity index (χ3v) is 4.80. The summed E-state index contributed by atoms with van der Waals surface area (Å²) in [6.45, 7) is 3.83. The second kappa shape index (κ2) is 6.36. The van der Waals surface area contributed by atoms with E-state index in [2.05, 4.69) is 25.4 Å². The molecule has 2 N–H and O–H groups in total. The van der Waals surface area contributed by atoms with Gasteiger partial charge < -0.3 is 5.32 Å². The van der Waals surface area contributed by atoms with Crippen molar-refractivity contribution in [2.45, 2.75) is 31.7 Å². The molecule has 1 aliphatic rings. The quantitative estimate of drug-likeness (QED) is 0.907. The first kappa shape index (κ1) is 14.2. The number of amides is 1. The van der Waals surface area contributed by atoms with Gasteiger partial charge in [-0.15, -0.1) is 11.3 Å². The van der Waals surface area contributed by atoms with Crippen LogP contribution < -0.4 is 5.32 Å². The summed E-state index contributed by atoms with van der Waals surface area (Å²) in [6.07, 6.45) is 7.70. The van der Waals surface area contributed by atoms with Crippen molar-refractivity contribution in [3.05, 3.63) is 29.5 Å². The van der Waals surface area contributed by atoms with Crippen LogP contribution in [0.1, 0.15) is 31.2 Å². The number of nitrogens with zero attached hydrogens (tertiary/aromatic N) is 3. The van der Waals surface area contributed by atoms with E-state index in [1.807, 2.05) is 24.7 Å². The number of carbonyl (C=O) groups is 1. The van der Waals surface area contributed by atoms with Crippen LogP contribution in [0.3, 0.4) is 0 Å². The van der Waals surface area contributed by atoms with Gasteiger partial charge in [0.15, 0.2) is 5.13 Å². The lowest BCUT2D eigenvalue weighted by Gasteiger charge is -2.34. The summed E-state index contributed by atoms with van der Waals surface area (Å²) in [7, 11) is 0. The molecule has 21 heavy (non-hydrogen) atoms. The van der Waals surface area contributed by atoms with E-state index in [0.29, 0.717) is 11.0 Å². The van der Waals surface area contributed by atoms with Gasteiger partial charge in [-0.3, -0.25) is 14.8 Å². The van der Waals surface area contributed by atoms with Crippen molar-refractivity contribution >= 4 is 22.4 Å². The van der Waals surface area contributed by atoms with Crippen LogP contribution in [0.2, 0.25) is 0 Å². The molecule has 6 nitrogen and oxygen atoms in total. The molecule has 2 aromatic rings. The second-order valence-corrected chi connectivity index (χ2v) is 6.24. The molecule has 112 valence electrons. The molecule has 7 heteroatoms. The minimum absolute atomic E-state index is 0.0201. The third kappa shape index (κ3) is 3.30. The van der Waals surface area contributed by atoms with Gasteiger partial charge in [-0.2, -0.15) is 5.10 Å². The monoisotopic (exact) mass is 305 g/mol. The molecule has 0 bridgehead atoms. The zero-order chi connectivity index (χ0) is 14.7. The number of aromatic amines is 1. The molecular formula is C14H19N5OS. The normalized spacial score (nSPS) is 18.5. The second-order valence-electron chi connectivity index (χ2n) is 5.34. The maximum atomic E-state index is 12.2. The Balaban J connectivity index is 1.52. The van der Waals surface area contributed by atoms with Crippen LogP contribution >= 0.6 is 11.3 Å². The van der Waals surface area contributed by atoms with E-state index in [9.17, 15) is 4.79 Å². The molecule has 2 aromatic heterocycles. The van der Waals surface area contributed by atoms with Crippen molar-refractivity contribution in [1.29, 1.82) is 0 Å². The zero-order valence-corrected chi connectivity index (χ0v) is 12.8. The maximum Gasteiger partial charge on any atom is 0.243 e. The maximum absolute atomic E-state index is 12.2. The summed E-state index contributed by atoms with van der Waals surface area (Å²) in [5.41, 5.74) is 1.27. The SMILES string of the molecule is CC(C(=O)Nc1nccs1)N1CCC(c2cn[nH]c2)CC1. The van der Waals surface area contributed by atoms with Crippen molar-refractivity contribution in [2.24, 2.45) is 0 Å². The summed E-state index contributed by atoms with van der Waals surface area (Å²) >= 11 is 1.44. The van der Waals surface area contributed by atoms with Gasteiger partial charge in [0.25, 0.3) is 0 Å². The lowest BCUT2D eigenvalue weighted by Crippen LogP contribution is -2.45. The lowest BCUT2D eigenvalue weighted by molar-refractivity contribution is -0.121. The van der Waals surface area contributed by atoms with Gasteiger partial charge in [0.2, 0.25) is 5.91 Å². The molecule has 1 atom stereocenters.